The van der Waals surface area contributed by atoms with Gasteiger partial charge in [0.1, 0.15) is 12.4 Å². The maximum absolute atomic E-state index is 13.0. The van der Waals surface area contributed by atoms with Crippen molar-refractivity contribution in [2.24, 2.45) is 11.3 Å². The minimum absolute atomic E-state index is 0.0189. The summed E-state index contributed by atoms with van der Waals surface area (Å²) < 4.78 is 5.77. The summed E-state index contributed by atoms with van der Waals surface area (Å²) in [6.45, 7) is 5.05. The number of hydrogen-bond acceptors (Lipinski definition) is 4. The zero-order valence-corrected chi connectivity index (χ0v) is 15.6. The van der Waals surface area contributed by atoms with Crippen LogP contribution in [0.1, 0.15) is 35.5 Å². The second-order valence-electron chi connectivity index (χ2n) is 7.34. The van der Waals surface area contributed by atoms with Gasteiger partial charge < -0.3 is 14.7 Å². The summed E-state index contributed by atoms with van der Waals surface area (Å²) in [7, 11) is 0. The number of aliphatic carboxylic acids is 1. The maximum Gasteiger partial charge on any atom is 0.311 e. The van der Waals surface area contributed by atoms with E-state index in [4.69, 9.17) is 4.74 Å². The molecule has 3 heterocycles. The maximum atomic E-state index is 13.0. The first-order valence-corrected chi connectivity index (χ1v) is 9.61. The standard InChI is InChI=1S/C20H21NO4S/c1-12(2)20(19(23)24)7-8-21(11-20)18(22)16-9-13-10-25-15-6-4-3-5-14(15)17(13)26-16/h3-6,9,12H,7-8,10-11H2,1-2H3,(H,23,24). The van der Waals surface area contributed by atoms with E-state index in [9.17, 15) is 14.7 Å². The van der Waals surface area contributed by atoms with E-state index in [1.165, 1.54) is 11.3 Å². The summed E-state index contributed by atoms with van der Waals surface area (Å²) in [5.74, 6) is -0.0670. The topological polar surface area (TPSA) is 66.8 Å². The van der Waals surface area contributed by atoms with Gasteiger partial charge in [-0.1, -0.05) is 26.0 Å². The van der Waals surface area contributed by atoms with E-state index in [1.807, 2.05) is 44.2 Å². The fourth-order valence-corrected chi connectivity index (χ4v) is 5.03. The van der Waals surface area contributed by atoms with Crippen LogP contribution < -0.4 is 4.74 Å². The minimum Gasteiger partial charge on any atom is -0.488 e. The quantitative estimate of drug-likeness (QED) is 0.889. The summed E-state index contributed by atoms with van der Waals surface area (Å²) in [4.78, 5) is 28.2. The largest absolute Gasteiger partial charge is 0.488 e. The number of nitrogens with zero attached hydrogens (tertiary/aromatic N) is 1. The molecule has 2 aromatic rings. The molecule has 1 aromatic carbocycles. The Hall–Kier alpha value is -2.34. The summed E-state index contributed by atoms with van der Waals surface area (Å²) in [5.41, 5.74) is 1.19. The Balaban J connectivity index is 1.62. The third-order valence-corrected chi connectivity index (χ3v) is 6.85. The number of fused-ring (bicyclic) bond motifs is 3. The zero-order valence-electron chi connectivity index (χ0n) is 14.8. The van der Waals surface area contributed by atoms with Crippen LogP contribution >= 0.6 is 11.3 Å². The van der Waals surface area contributed by atoms with Crippen LogP contribution in [0.3, 0.4) is 0 Å². The van der Waals surface area contributed by atoms with Gasteiger partial charge in [-0.15, -0.1) is 11.3 Å². The highest BCUT2D eigenvalue weighted by Crippen LogP contribution is 2.44. The third kappa shape index (κ3) is 2.51. The third-order valence-electron chi connectivity index (χ3n) is 5.65. The van der Waals surface area contributed by atoms with Crippen LogP contribution in [0, 0.1) is 11.3 Å². The molecule has 1 atom stereocenters. The predicted octanol–water partition coefficient (Wildman–Crippen LogP) is 3.88. The van der Waals surface area contributed by atoms with Crippen LogP contribution in [0.4, 0.5) is 0 Å². The van der Waals surface area contributed by atoms with Gasteiger partial charge in [0.05, 0.1) is 10.3 Å². The van der Waals surface area contributed by atoms with E-state index in [-0.39, 0.29) is 18.4 Å². The number of carboxylic acid groups (broad SMARTS) is 1. The van der Waals surface area contributed by atoms with Gasteiger partial charge in [0, 0.05) is 29.1 Å². The highest BCUT2D eigenvalue weighted by molar-refractivity contribution is 7.17. The van der Waals surface area contributed by atoms with Gasteiger partial charge in [-0.2, -0.15) is 0 Å². The number of thiophene rings is 1. The number of amides is 1. The smallest absolute Gasteiger partial charge is 0.311 e. The number of likely N-dealkylation sites (tertiary alicyclic amines) is 1. The van der Waals surface area contributed by atoms with Gasteiger partial charge in [-0.3, -0.25) is 9.59 Å². The minimum atomic E-state index is -0.845. The first kappa shape index (κ1) is 17.1. The van der Waals surface area contributed by atoms with Crippen LogP contribution in [-0.2, 0) is 11.4 Å². The monoisotopic (exact) mass is 371 g/mol. The van der Waals surface area contributed by atoms with E-state index in [0.29, 0.717) is 24.4 Å². The number of benzene rings is 1. The van der Waals surface area contributed by atoms with Crippen molar-refractivity contribution in [3.8, 4) is 16.2 Å². The lowest BCUT2D eigenvalue weighted by atomic mass is 9.76. The summed E-state index contributed by atoms with van der Waals surface area (Å²) >= 11 is 1.47. The molecule has 2 aliphatic rings. The molecule has 1 aromatic heterocycles. The van der Waals surface area contributed by atoms with Crippen molar-refractivity contribution >= 4 is 23.2 Å². The van der Waals surface area contributed by atoms with E-state index in [2.05, 4.69) is 0 Å². The molecule has 0 spiro atoms. The second kappa shape index (κ2) is 6.13. The van der Waals surface area contributed by atoms with Gasteiger partial charge in [0.2, 0.25) is 0 Å². The number of hydrogen-bond donors (Lipinski definition) is 1. The molecule has 0 bridgehead atoms. The molecule has 6 heteroatoms. The molecule has 5 nitrogen and oxygen atoms in total. The average molecular weight is 371 g/mol. The summed E-state index contributed by atoms with van der Waals surface area (Å²) in [5, 5.41) is 9.69. The second-order valence-corrected chi connectivity index (χ2v) is 8.39. The number of rotatable bonds is 3. The van der Waals surface area contributed by atoms with E-state index >= 15 is 0 Å². The Bertz CT molecular complexity index is 888. The van der Waals surface area contributed by atoms with E-state index < -0.39 is 11.4 Å². The molecule has 26 heavy (non-hydrogen) atoms. The molecule has 0 radical (unpaired) electrons. The molecule has 1 fully saturated rings. The molecule has 1 amide bonds. The van der Waals surface area contributed by atoms with Gasteiger partial charge in [-0.05, 0) is 30.5 Å². The number of ether oxygens (including phenoxy) is 1. The van der Waals surface area contributed by atoms with Gasteiger partial charge in [0.15, 0.2) is 0 Å². The molecule has 2 aliphatic heterocycles. The van der Waals surface area contributed by atoms with Crippen LogP contribution in [0.5, 0.6) is 5.75 Å². The molecular weight excluding hydrogens is 350 g/mol. The van der Waals surface area contributed by atoms with Crippen LogP contribution in [-0.4, -0.2) is 35.0 Å². The molecular formula is C20H21NO4S. The normalized spacial score (nSPS) is 21.3. The highest BCUT2D eigenvalue weighted by Gasteiger charge is 2.48. The molecule has 1 saturated heterocycles. The zero-order chi connectivity index (χ0) is 18.5. The van der Waals surface area contributed by atoms with Gasteiger partial charge >= 0.3 is 5.97 Å². The van der Waals surface area contributed by atoms with Crippen molar-refractivity contribution in [3.05, 3.63) is 40.8 Å². The molecule has 4 rings (SSSR count). The van der Waals surface area contributed by atoms with Crippen molar-refractivity contribution in [2.45, 2.75) is 26.9 Å². The number of carbonyl (C=O) groups is 2. The lowest BCUT2D eigenvalue weighted by molar-refractivity contribution is -0.150. The Morgan fingerprint density at radius 3 is 2.77 bits per heavy atom. The first-order valence-electron chi connectivity index (χ1n) is 8.80. The van der Waals surface area contributed by atoms with Crippen molar-refractivity contribution in [1.82, 2.24) is 4.90 Å². The Labute approximate surface area is 156 Å². The summed E-state index contributed by atoms with van der Waals surface area (Å²) in [6, 6.07) is 9.73. The summed E-state index contributed by atoms with van der Waals surface area (Å²) in [6.07, 6.45) is 0.503. The first-order chi connectivity index (χ1) is 12.4. The van der Waals surface area contributed by atoms with Crippen LogP contribution in [0.2, 0.25) is 0 Å². The lowest BCUT2D eigenvalue weighted by Gasteiger charge is -2.28. The molecule has 1 N–H and O–H groups in total. The Morgan fingerprint density at radius 1 is 1.31 bits per heavy atom. The molecule has 0 saturated carbocycles. The Morgan fingerprint density at radius 2 is 2.08 bits per heavy atom. The lowest BCUT2D eigenvalue weighted by Crippen LogP contribution is -2.40. The fourth-order valence-electron chi connectivity index (χ4n) is 3.86. The molecule has 0 aliphatic carbocycles. The van der Waals surface area contributed by atoms with Crippen LogP contribution in [0.15, 0.2) is 30.3 Å². The number of carboxylic acids is 1. The number of carbonyl (C=O) groups excluding carboxylic acids is 1. The van der Waals surface area contributed by atoms with Crippen molar-refractivity contribution in [1.29, 1.82) is 0 Å². The van der Waals surface area contributed by atoms with Gasteiger partial charge in [-0.25, -0.2) is 0 Å². The van der Waals surface area contributed by atoms with Crippen molar-refractivity contribution in [2.75, 3.05) is 13.1 Å². The average Bonchev–Trinajstić information content (AvgIpc) is 3.26. The van der Waals surface area contributed by atoms with Crippen LogP contribution in [0.25, 0.3) is 10.4 Å². The predicted molar refractivity (Wildman–Crippen MR) is 99.5 cm³/mol. The Kier molecular flexibility index (Phi) is 4.03. The number of para-hydroxylation sites is 1. The van der Waals surface area contributed by atoms with E-state index in [1.54, 1.807) is 4.90 Å². The molecule has 136 valence electrons. The molecule has 1 unspecified atom stereocenters. The highest BCUT2D eigenvalue weighted by atomic mass is 32.1. The van der Waals surface area contributed by atoms with Crippen molar-refractivity contribution in [3.63, 3.8) is 0 Å². The van der Waals surface area contributed by atoms with Gasteiger partial charge in [0.25, 0.3) is 5.91 Å². The SMILES string of the molecule is CC(C)C1(C(=O)O)CCN(C(=O)c2cc3c(s2)-c2ccccc2OC3)C1. The van der Waals surface area contributed by atoms with E-state index in [0.717, 1.165) is 21.8 Å². The van der Waals surface area contributed by atoms with Crippen molar-refractivity contribution < 1.29 is 19.4 Å². The fraction of sp³-hybridized carbons (Fsp3) is 0.400.